The van der Waals surface area contributed by atoms with Gasteiger partial charge in [-0.1, -0.05) is 31.5 Å². The Morgan fingerprint density at radius 3 is 2.44 bits per heavy atom. The maximum Gasteiger partial charge on any atom is 0.339 e. The molecule has 5 heteroatoms. The van der Waals surface area contributed by atoms with E-state index in [9.17, 15) is 4.79 Å². The predicted molar refractivity (Wildman–Crippen MR) is 103 cm³/mol. The van der Waals surface area contributed by atoms with E-state index in [4.69, 9.17) is 4.74 Å². The van der Waals surface area contributed by atoms with Gasteiger partial charge in [0.05, 0.1) is 13.3 Å². The van der Waals surface area contributed by atoms with Crippen LogP contribution in [-0.4, -0.2) is 19.4 Å². The third kappa shape index (κ3) is 5.08. The zero-order valence-corrected chi connectivity index (χ0v) is 15.4. The molecule has 0 aromatic heterocycles. The highest BCUT2D eigenvalue weighted by atomic mass is 16.5. The number of aryl methyl sites for hydroxylation is 2. The molecular weight excluding hydrogens is 314 g/mol. The molecule has 5 nitrogen and oxygen atoms in total. The fraction of sp³-hybridized carbons (Fsp3) is 0.300. The molecule has 0 unspecified atom stereocenters. The minimum atomic E-state index is -0.379. The Kier molecular flexibility index (Phi) is 6.17. The van der Waals surface area contributed by atoms with Crippen LogP contribution >= 0.6 is 0 Å². The Labute approximate surface area is 149 Å². The van der Waals surface area contributed by atoms with Crippen LogP contribution < -0.4 is 15.5 Å². The van der Waals surface area contributed by atoms with Crippen molar-refractivity contribution < 1.29 is 9.53 Å². The smallest absolute Gasteiger partial charge is 0.339 e. The molecule has 2 aromatic rings. The summed E-state index contributed by atoms with van der Waals surface area (Å²) in [6.45, 7) is 8.21. The molecule has 0 radical (unpaired) electrons. The van der Waals surface area contributed by atoms with Crippen molar-refractivity contribution in [3.8, 4) is 5.75 Å². The first kappa shape index (κ1) is 18.5. The van der Waals surface area contributed by atoms with E-state index in [1.54, 1.807) is 13.3 Å². The molecule has 2 amide bonds. The van der Waals surface area contributed by atoms with Gasteiger partial charge in [0.1, 0.15) is 5.75 Å². The molecule has 0 fully saturated rings. The van der Waals surface area contributed by atoms with E-state index >= 15 is 0 Å². The van der Waals surface area contributed by atoms with Crippen LogP contribution in [0.4, 0.5) is 10.5 Å². The molecule has 0 aliphatic carbocycles. The van der Waals surface area contributed by atoms with Gasteiger partial charge in [-0.05, 0) is 60.7 Å². The Hall–Kier alpha value is -2.82. The average Bonchev–Trinajstić information content (AvgIpc) is 2.57. The summed E-state index contributed by atoms with van der Waals surface area (Å²) in [5.41, 5.74) is 7.44. The lowest BCUT2D eigenvalue weighted by atomic mass is 9.97. The lowest BCUT2D eigenvalue weighted by molar-refractivity contribution is 0.252. The van der Waals surface area contributed by atoms with Crippen molar-refractivity contribution in [1.82, 2.24) is 5.43 Å². The van der Waals surface area contributed by atoms with Crippen molar-refractivity contribution in [3.63, 3.8) is 0 Å². The topological polar surface area (TPSA) is 62.7 Å². The third-order valence-electron chi connectivity index (χ3n) is 3.92. The second-order valence-electron chi connectivity index (χ2n) is 6.30. The fourth-order valence-electron chi connectivity index (χ4n) is 2.44. The van der Waals surface area contributed by atoms with Crippen molar-refractivity contribution in [1.29, 1.82) is 0 Å². The SMILES string of the molecule is COc1cc(C)c(/C=N\NC(=O)Nc2ccc(C)cc2)cc1C(C)C. The number of hydrazone groups is 1. The van der Waals surface area contributed by atoms with Gasteiger partial charge in [-0.25, -0.2) is 10.2 Å². The molecule has 0 atom stereocenters. The van der Waals surface area contributed by atoms with Crippen LogP contribution in [0.1, 0.15) is 42.0 Å². The zero-order valence-electron chi connectivity index (χ0n) is 15.4. The van der Waals surface area contributed by atoms with Gasteiger partial charge in [0.15, 0.2) is 0 Å². The van der Waals surface area contributed by atoms with E-state index in [2.05, 4.69) is 29.7 Å². The molecule has 0 spiro atoms. The molecule has 0 bridgehead atoms. The molecule has 0 aliphatic rings. The standard InChI is InChI=1S/C20H25N3O2/c1-13(2)18-11-16(15(4)10-19(18)25-5)12-21-23-20(24)22-17-8-6-14(3)7-9-17/h6-13H,1-5H3,(H2,22,23,24)/b21-12-. The summed E-state index contributed by atoms with van der Waals surface area (Å²) >= 11 is 0. The molecule has 2 aromatic carbocycles. The molecule has 25 heavy (non-hydrogen) atoms. The van der Waals surface area contributed by atoms with Crippen LogP contribution in [0.3, 0.4) is 0 Å². The molecule has 132 valence electrons. The van der Waals surface area contributed by atoms with Crippen LogP contribution in [0.15, 0.2) is 41.5 Å². The monoisotopic (exact) mass is 339 g/mol. The summed E-state index contributed by atoms with van der Waals surface area (Å²) in [6.07, 6.45) is 1.65. The van der Waals surface area contributed by atoms with Crippen molar-refractivity contribution in [3.05, 3.63) is 58.7 Å². The molecule has 0 saturated heterocycles. The normalized spacial score (nSPS) is 11.0. The first-order chi connectivity index (χ1) is 11.9. The molecule has 2 rings (SSSR count). The molecule has 2 N–H and O–H groups in total. The van der Waals surface area contributed by atoms with E-state index in [1.807, 2.05) is 50.2 Å². The van der Waals surface area contributed by atoms with Crippen LogP contribution in [0, 0.1) is 13.8 Å². The van der Waals surface area contributed by atoms with Crippen LogP contribution in [0.2, 0.25) is 0 Å². The number of rotatable bonds is 5. The van der Waals surface area contributed by atoms with Crippen LogP contribution in [-0.2, 0) is 0 Å². The van der Waals surface area contributed by atoms with Crippen molar-refractivity contribution >= 4 is 17.9 Å². The molecular formula is C20H25N3O2. The Morgan fingerprint density at radius 1 is 1.16 bits per heavy atom. The van der Waals surface area contributed by atoms with Crippen LogP contribution in [0.5, 0.6) is 5.75 Å². The number of urea groups is 1. The Morgan fingerprint density at radius 2 is 1.84 bits per heavy atom. The number of nitrogens with zero attached hydrogens (tertiary/aromatic N) is 1. The maximum atomic E-state index is 11.9. The third-order valence-corrected chi connectivity index (χ3v) is 3.92. The highest BCUT2D eigenvalue weighted by molar-refractivity contribution is 5.90. The van der Waals surface area contributed by atoms with Crippen molar-refractivity contribution in [2.75, 3.05) is 12.4 Å². The zero-order chi connectivity index (χ0) is 18.4. The highest BCUT2D eigenvalue weighted by Gasteiger charge is 2.10. The molecule has 0 saturated carbocycles. The minimum absolute atomic E-state index is 0.334. The number of carbonyl (C=O) groups excluding carboxylic acids is 1. The maximum absolute atomic E-state index is 11.9. The number of carbonyl (C=O) groups is 1. The van der Waals surface area contributed by atoms with Gasteiger partial charge in [0, 0.05) is 5.69 Å². The van der Waals surface area contributed by atoms with E-state index in [0.29, 0.717) is 5.92 Å². The summed E-state index contributed by atoms with van der Waals surface area (Å²) in [4.78, 5) is 11.9. The van der Waals surface area contributed by atoms with Crippen molar-refractivity contribution in [2.24, 2.45) is 5.10 Å². The van der Waals surface area contributed by atoms with Gasteiger partial charge < -0.3 is 10.1 Å². The largest absolute Gasteiger partial charge is 0.496 e. The van der Waals surface area contributed by atoms with Gasteiger partial charge in [-0.2, -0.15) is 5.10 Å². The number of methoxy groups -OCH3 is 1. The quantitative estimate of drug-likeness (QED) is 0.618. The lowest BCUT2D eigenvalue weighted by Crippen LogP contribution is -2.24. The number of hydrogen-bond donors (Lipinski definition) is 2. The van der Waals surface area contributed by atoms with Crippen LogP contribution in [0.25, 0.3) is 0 Å². The minimum Gasteiger partial charge on any atom is -0.496 e. The van der Waals surface area contributed by atoms with Crippen molar-refractivity contribution in [2.45, 2.75) is 33.6 Å². The summed E-state index contributed by atoms with van der Waals surface area (Å²) in [5, 5.41) is 6.78. The Bertz CT molecular complexity index is 765. The predicted octanol–water partition coefficient (Wildman–Crippen LogP) is 4.59. The number of anilines is 1. The van der Waals surface area contributed by atoms with E-state index in [-0.39, 0.29) is 6.03 Å². The number of nitrogens with one attached hydrogen (secondary N) is 2. The van der Waals surface area contributed by atoms with Gasteiger partial charge in [-0.3, -0.25) is 0 Å². The second-order valence-corrected chi connectivity index (χ2v) is 6.30. The summed E-state index contributed by atoms with van der Waals surface area (Å²) in [7, 11) is 1.67. The first-order valence-corrected chi connectivity index (χ1v) is 8.26. The number of benzene rings is 2. The lowest BCUT2D eigenvalue weighted by Gasteiger charge is -2.14. The summed E-state index contributed by atoms with van der Waals surface area (Å²) < 4.78 is 5.44. The van der Waals surface area contributed by atoms with E-state index < -0.39 is 0 Å². The fourth-order valence-corrected chi connectivity index (χ4v) is 2.44. The van der Waals surface area contributed by atoms with Gasteiger partial charge >= 0.3 is 6.03 Å². The first-order valence-electron chi connectivity index (χ1n) is 8.26. The highest BCUT2D eigenvalue weighted by Crippen LogP contribution is 2.28. The molecule has 0 heterocycles. The van der Waals surface area contributed by atoms with Gasteiger partial charge in [0.2, 0.25) is 0 Å². The number of ether oxygens (including phenoxy) is 1. The number of hydrogen-bond acceptors (Lipinski definition) is 3. The second kappa shape index (κ2) is 8.33. The number of amides is 2. The van der Waals surface area contributed by atoms with Gasteiger partial charge in [-0.15, -0.1) is 0 Å². The summed E-state index contributed by atoms with van der Waals surface area (Å²) in [6, 6.07) is 11.2. The summed E-state index contributed by atoms with van der Waals surface area (Å²) in [5.74, 6) is 1.20. The average molecular weight is 339 g/mol. The van der Waals surface area contributed by atoms with E-state index in [0.717, 1.165) is 33.7 Å². The Balaban J connectivity index is 2.04. The van der Waals surface area contributed by atoms with Gasteiger partial charge in [0.25, 0.3) is 0 Å². The molecule has 0 aliphatic heterocycles. The van der Waals surface area contributed by atoms with E-state index in [1.165, 1.54) is 0 Å².